The van der Waals surface area contributed by atoms with E-state index in [1.54, 1.807) is 0 Å². The molecule has 2 nitrogen and oxygen atoms in total. The van der Waals surface area contributed by atoms with Gasteiger partial charge in [0.05, 0.1) is 0 Å². The highest BCUT2D eigenvalue weighted by molar-refractivity contribution is 7.93. The molecular weight excluding hydrogens is 194 g/mol. The SMILES string of the molecule is OSCCCNCC1CCCCCC1. The summed E-state index contributed by atoms with van der Waals surface area (Å²) >= 11 is 0.951. The van der Waals surface area contributed by atoms with E-state index in [1.165, 1.54) is 45.1 Å². The van der Waals surface area contributed by atoms with Gasteiger partial charge in [0.1, 0.15) is 0 Å². The summed E-state index contributed by atoms with van der Waals surface area (Å²) in [7, 11) is 0. The second-order valence-corrected chi connectivity index (χ2v) is 4.91. The van der Waals surface area contributed by atoms with Gasteiger partial charge in [0.15, 0.2) is 0 Å². The monoisotopic (exact) mass is 217 g/mol. The fraction of sp³-hybridized carbons (Fsp3) is 1.00. The third-order valence-electron chi connectivity index (χ3n) is 3.00. The Morgan fingerprint density at radius 3 is 2.50 bits per heavy atom. The summed E-state index contributed by atoms with van der Waals surface area (Å²) in [4.78, 5) is 0. The summed E-state index contributed by atoms with van der Waals surface area (Å²) in [5.74, 6) is 1.77. The van der Waals surface area contributed by atoms with Gasteiger partial charge in [0, 0.05) is 5.75 Å². The van der Waals surface area contributed by atoms with Gasteiger partial charge in [-0.15, -0.1) is 0 Å². The molecule has 14 heavy (non-hydrogen) atoms. The molecular formula is C11H23NOS. The van der Waals surface area contributed by atoms with Gasteiger partial charge in [-0.2, -0.15) is 0 Å². The summed E-state index contributed by atoms with van der Waals surface area (Å²) in [6.45, 7) is 2.25. The zero-order valence-corrected chi connectivity index (χ0v) is 9.82. The Hall–Kier alpha value is 0.270. The molecule has 0 atom stereocenters. The molecule has 0 saturated heterocycles. The maximum Gasteiger partial charge on any atom is 0.0207 e. The standard InChI is InChI=1S/C11H23NOS/c13-14-9-5-8-12-10-11-6-3-1-2-4-7-11/h11-13H,1-10H2. The fourth-order valence-electron chi connectivity index (χ4n) is 2.14. The first-order chi connectivity index (χ1) is 6.93. The molecule has 1 saturated carbocycles. The van der Waals surface area contributed by atoms with Crippen molar-refractivity contribution in [1.29, 1.82) is 0 Å². The van der Waals surface area contributed by atoms with E-state index in [9.17, 15) is 0 Å². The lowest BCUT2D eigenvalue weighted by Crippen LogP contribution is -2.23. The number of hydrogen-bond donors (Lipinski definition) is 2. The first-order valence-corrected chi connectivity index (χ1v) is 6.85. The topological polar surface area (TPSA) is 32.3 Å². The zero-order chi connectivity index (χ0) is 10.1. The summed E-state index contributed by atoms with van der Waals surface area (Å²) < 4.78 is 8.54. The zero-order valence-electron chi connectivity index (χ0n) is 9.00. The fourth-order valence-corrected chi connectivity index (χ4v) is 2.41. The third-order valence-corrected chi connectivity index (χ3v) is 3.47. The van der Waals surface area contributed by atoms with Crippen molar-refractivity contribution in [1.82, 2.24) is 5.32 Å². The minimum Gasteiger partial charge on any atom is -0.330 e. The Morgan fingerprint density at radius 1 is 1.14 bits per heavy atom. The molecule has 0 aromatic heterocycles. The van der Waals surface area contributed by atoms with Crippen molar-refractivity contribution in [3.05, 3.63) is 0 Å². The van der Waals surface area contributed by atoms with Gasteiger partial charge < -0.3 is 9.87 Å². The first kappa shape index (κ1) is 12.3. The van der Waals surface area contributed by atoms with E-state index < -0.39 is 0 Å². The lowest BCUT2D eigenvalue weighted by molar-refractivity contribution is 0.426. The quantitative estimate of drug-likeness (QED) is 0.407. The minimum atomic E-state index is 0.859. The Bertz CT molecular complexity index is 124. The van der Waals surface area contributed by atoms with Crippen LogP contribution in [0.25, 0.3) is 0 Å². The van der Waals surface area contributed by atoms with Crippen LogP contribution < -0.4 is 5.32 Å². The largest absolute Gasteiger partial charge is 0.330 e. The number of hydrogen-bond acceptors (Lipinski definition) is 3. The van der Waals surface area contributed by atoms with E-state index in [0.29, 0.717) is 0 Å². The lowest BCUT2D eigenvalue weighted by atomic mass is 10.0. The van der Waals surface area contributed by atoms with Crippen molar-refractivity contribution in [2.75, 3.05) is 18.8 Å². The van der Waals surface area contributed by atoms with Crippen molar-refractivity contribution in [3.63, 3.8) is 0 Å². The van der Waals surface area contributed by atoms with Crippen LogP contribution in [0.5, 0.6) is 0 Å². The van der Waals surface area contributed by atoms with Gasteiger partial charge in [0.25, 0.3) is 0 Å². The van der Waals surface area contributed by atoms with Gasteiger partial charge in [-0.05, 0) is 50.3 Å². The van der Waals surface area contributed by atoms with Crippen LogP contribution in [0.4, 0.5) is 0 Å². The molecule has 84 valence electrons. The van der Waals surface area contributed by atoms with Crippen molar-refractivity contribution >= 4 is 12.0 Å². The molecule has 0 aromatic rings. The maximum atomic E-state index is 8.54. The Labute approximate surface area is 92.1 Å². The second-order valence-electron chi connectivity index (χ2n) is 4.25. The molecule has 1 fully saturated rings. The van der Waals surface area contributed by atoms with E-state index >= 15 is 0 Å². The molecule has 3 heteroatoms. The van der Waals surface area contributed by atoms with Crippen LogP contribution in [0, 0.1) is 5.92 Å². The van der Waals surface area contributed by atoms with Crippen molar-refractivity contribution in [2.45, 2.75) is 44.9 Å². The van der Waals surface area contributed by atoms with Crippen LogP contribution in [0.2, 0.25) is 0 Å². The van der Waals surface area contributed by atoms with Crippen LogP contribution >= 0.6 is 12.0 Å². The first-order valence-electron chi connectivity index (χ1n) is 5.90. The molecule has 0 heterocycles. The van der Waals surface area contributed by atoms with Gasteiger partial charge in [0.2, 0.25) is 0 Å². The smallest absolute Gasteiger partial charge is 0.0207 e. The summed E-state index contributed by atoms with van der Waals surface area (Å²) in [5, 5.41) is 3.49. The molecule has 0 amide bonds. The normalized spacial score (nSPS) is 19.5. The predicted molar refractivity (Wildman–Crippen MR) is 63.8 cm³/mol. The van der Waals surface area contributed by atoms with Crippen molar-refractivity contribution in [3.8, 4) is 0 Å². The number of nitrogens with one attached hydrogen (secondary N) is 1. The van der Waals surface area contributed by atoms with Crippen molar-refractivity contribution in [2.24, 2.45) is 5.92 Å². The molecule has 0 bridgehead atoms. The third kappa shape index (κ3) is 5.89. The van der Waals surface area contributed by atoms with E-state index in [1.807, 2.05) is 0 Å². The maximum absolute atomic E-state index is 8.54. The van der Waals surface area contributed by atoms with E-state index in [2.05, 4.69) is 5.32 Å². The highest BCUT2D eigenvalue weighted by Gasteiger charge is 2.10. The summed E-state index contributed by atoms with van der Waals surface area (Å²) in [6.07, 6.45) is 9.66. The molecule has 0 unspecified atom stereocenters. The minimum absolute atomic E-state index is 0.859. The van der Waals surface area contributed by atoms with Crippen LogP contribution in [-0.2, 0) is 0 Å². The van der Waals surface area contributed by atoms with Gasteiger partial charge in [-0.3, -0.25) is 0 Å². The van der Waals surface area contributed by atoms with Crippen LogP contribution in [0.1, 0.15) is 44.9 Å². The van der Waals surface area contributed by atoms with Crippen LogP contribution in [0.15, 0.2) is 0 Å². The lowest BCUT2D eigenvalue weighted by Gasteiger charge is -2.14. The average molecular weight is 217 g/mol. The Kier molecular flexibility index (Phi) is 7.55. The molecule has 0 aromatic carbocycles. The average Bonchev–Trinajstić information content (AvgIpc) is 2.46. The van der Waals surface area contributed by atoms with Crippen molar-refractivity contribution < 1.29 is 4.55 Å². The summed E-state index contributed by atoms with van der Waals surface area (Å²) in [6, 6.07) is 0. The molecule has 1 rings (SSSR count). The van der Waals surface area contributed by atoms with Gasteiger partial charge in [-0.25, -0.2) is 0 Å². The molecule has 0 aliphatic heterocycles. The molecule has 0 spiro atoms. The Morgan fingerprint density at radius 2 is 1.86 bits per heavy atom. The van der Waals surface area contributed by atoms with E-state index in [0.717, 1.165) is 36.7 Å². The Balaban J connectivity index is 1.93. The highest BCUT2D eigenvalue weighted by Crippen LogP contribution is 2.21. The second kappa shape index (κ2) is 8.57. The highest BCUT2D eigenvalue weighted by atomic mass is 32.2. The van der Waals surface area contributed by atoms with Crippen LogP contribution in [-0.4, -0.2) is 23.4 Å². The predicted octanol–water partition coefficient (Wildman–Crippen LogP) is 3.14. The van der Waals surface area contributed by atoms with Crippen LogP contribution in [0.3, 0.4) is 0 Å². The molecule has 1 aliphatic rings. The molecule has 1 aliphatic carbocycles. The molecule has 2 N–H and O–H groups in total. The van der Waals surface area contributed by atoms with Gasteiger partial charge in [-0.1, -0.05) is 25.7 Å². The van der Waals surface area contributed by atoms with E-state index in [-0.39, 0.29) is 0 Å². The molecule has 0 radical (unpaired) electrons. The summed E-state index contributed by atoms with van der Waals surface area (Å²) in [5.41, 5.74) is 0. The number of rotatable bonds is 6. The van der Waals surface area contributed by atoms with E-state index in [4.69, 9.17) is 4.55 Å². The van der Waals surface area contributed by atoms with Gasteiger partial charge >= 0.3 is 0 Å².